The van der Waals surface area contributed by atoms with Gasteiger partial charge >= 0.3 is 0 Å². The maximum atomic E-state index is 13.1. The van der Waals surface area contributed by atoms with Gasteiger partial charge in [0.15, 0.2) is 0 Å². The van der Waals surface area contributed by atoms with Crippen molar-refractivity contribution in [1.82, 2.24) is 9.27 Å². The normalized spacial score (nSPS) is 11.4. The molecule has 0 saturated heterocycles. The molecule has 0 aliphatic carbocycles. The van der Waals surface area contributed by atoms with Gasteiger partial charge in [0.1, 0.15) is 11.6 Å². The number of rotatable bonds is 9. The quantitative estimate of drug-likeness (QED) is 0.571. The van der Waals surface area contributed by atoms with Crippen LogP contribution in [0.5, 0.6) is 5.75 Å². The summed E-state index contributed by atoms with van der Waals surface area (Å²) < 4.78 is 24.5. The van der Waals surface area contributed by atoms with Crippen molar-refractivity contribution in [3.8, 4) is 17.0 Å². The minimum absolute atomic E-state index is 0.196. The smallest absolute Gasteiger partial charge is 0.123 e. The standard InChI is InChI=1S/C20H23FN2O2S/c1-23(11-12-24)10-2-3-13-25-17-8-9-18-19(14-17)26-22-20(18)15-4-6-16(21)7-5-15/h4-9,14,24H,2-3,10-13H2,1H3. The average Bonchev–Trinajstić information content (AvgIpc) is 3.05. The molecule has 0 atom stereocenters. The van der Waals surface area contributed by atoms with Crippen LogP contribution >= 0.6 is 11.5 Å². The lowest BCUT2D eigenvalue weighted by Crippen LogP contribution is -2.23. The van der Waals surface area contributed by atoms with Crippen LogP contribution in [0.3, 0.4) is 0 Å². The number of ether oxygens (including phenoxy) is 1. The van der Waals surface area contributed by atoms with Gasteiger partial charge in [-0.05, 0) is 80.4 Å². The molecule has 6 heteroatoms. The molecule has 1 N–H and O–H groups in total. The van der Waals surface area contributed by atoms with Gasteiger partial charge in [-0.3, -0.25) is 0 Å². The number of nitrogens with zero attached hydrogens (tertiary/aromatic N) is 2. The molecule has 0 bridgehead atoms. The highest BCUT2D eigenvalue weighted by Gasteiger charge is 2.09. The summed E-state index contributed by atoms with van der Waals surface area (Å²) in [5, 5.41) is 9.93. The van der Waals surface area contributed by atoms with Crippen molar-refractivity contribution in [3.63, 3.8) is 0 Å². The summed E-state index contributed by atoms with van der Waals surface area (Å²) in [4.78, 5) is 2.11. The summed E-state index contributed by atoms with van der Waals surface area (Å²) in [5.74, 6) is 0.599. The van der Waals surface area contributed by atoms with Crippen molar-refractivity contribution in [2.45, 2.75) is 12.8 Å². The van der Waals surface area contributed by atoms with Crippen LogP contribution in [0.2, 0.25) is 0 Å². The first-order valence-electron chi connectivity index (χ1n) is 8.75. The van der Waals surface area contributed by atoms with E-state index >= 15 is 0 Å². The molecule has 0 fully saturated rings. The van der Waals surface area contributed by atoms with Gasteiger partial charge < -0.3 is 14.7 Å². The molecule has 0 aliphatic heterocycles. The molecule has 1 heterocycles. The van der Waals surface area contributed by atoms with Crippen LogP contribution in [-0.4, -0.2) is 47.7 Å². The number of aliphatic hydroxyl groups excluding tert-OH is 1. The van der Waals surface area contributed by atoms with Crippen molar-refractivity contribution in [3.05, 3.63) is 48.3 Å². The van der Waals surface area contributed by atoms with Crippen molar-refractivity contribution in [1.29, 1.82) is 0 Å². The maximum Gasteiger partial charge on any atom is 0.123 e. The van der Waals surface area contributed by atoms with E-state index in [0.717, 1.165) is 46.5 Å². The molecule has 2 aromatic carbocycles. The Balaban J connectivity index is 1.57. The van der Waals surface area contributed by atoms with Crippen LogP contribution in [0.1, 0.15) is 12.8 Å². The first-order chi connectivity index (χ1) is 12.7. The molecule has 1 aromatic heterocycles. The third-order valence-electron chi connectivity index (χ3n) is 4.25. The zero-order valence-corrected chi connectivity index (χ0v) is 15.6. The Labute approximate surface area is 157 Å². The van der Waals surface area contributed by atoms with E-state index in [2.05, 4.69) is 9.27 Å². The monoisotopic (exact) mass is 374 g/mol. The number of aliphatic hydroxyl groups is 1. The molecule has 0 amide bonds. The van der Waals surface area contributed by atoms with Crippen LogP contribution in [0.4, 0.5) is 4.39 Å². The summed E-state index contributed by atoms with van der Waals surface area (Å²) >= 11 is 1.43. The fourth-order valence-electron chi connectivity index (χ4n) is 2.78. The largest absolute Gasteiger partial charge is 0.494 e. The molecule has 26 heavy (non-hydrogen) atoms. The Hall–Kier alpha value is -2.02. The zero-order valence-electron chi connectivity index (χ0n) is 14.8. The number of hydrogen-bond acceptors (Lipinski definition) is 5. The van der Waals surface area contributed by atoms with Gasteiger partial charge in [-0.25, -0.2) is 4.39 Å². The number of hydrogen-bond donors (Lipinski definition) is 1. The SMILES string of the molecule is CN(CCO)CCCCOc1ccc2c(-c3ccc(F)cc3)nsc2c1. The van der Waals surface area contributed by atoms with E-state index in [1.54, 1.807) is 12.1 Å². The van der Waals surface area contributed by atoms with E-state index in [1.807, 2.05) is 25.2 Å². The molecule has 3 rings (SSSR count). The van der Waals surface area contributed by atoms with Gasteiger partial charge in [-0.15, -0.1) is 0 Å². The number of unbranched alkanes of at least 4 members (excludes halogenated alkanes) is 1. The Morgan fingerprint density at radius 3 is 2.69 bits per heavy atom. The van der Waals surface area contributed by atoms with Gasteiger partial charge in [0, 0.05) is 17.5 Å². The minimum atomic E-state index is -0.244. The molecule has 3 aromatic rings. The first-order valence-corrected chi connectivity index (χ1v) is 9.52. The summed E-state index contributed by atoms with van der Waals surface area (Å²) in [6.45, 7) is 2.53. The summed E-state index contributed by atoms with van der Waals surface area (Å²) in [6, 6.07) is 12.4. The third kappa shape index (κ3) is 4.78. The highest BCUT2D eigenvalue weighted by atomic mass is 32.1. The van der Waals surface area contributed by atoms with Gasteiger partial charge in [-0.2, -0.15) is 4.37 Å². The lowest BCUT2D eigenvalue weighted by atomic mass is 10.1. The minimum Gasteiger partial charge on any atom is -0.494 e. The second-order valence-corrected chi connectivity index (χ2v) is 7.08. The third-order valence-corrected chi connectivity index (χ3v) is 5.05. The average molecular weight is 374 g/mol. The molecule has 0 unspecified atom stereocenters. The molecular formula is C20H23FN2O2S. The fraction of sp³-hybridized carbons (Fsp3) is 0.350. The number of fused-ring (bicyclic) bond motifs is 1. The number of halogens is 1. The molecule has 4 nitrogen and oxygen atoms in total. The maximum absolute atomic E-state index is 13.1. The first kappa shape index (κ1) is 18.8. The van der Waals surface area contributed by atoms with E-state index in [9.17, 15) is 4.39 Å². The summed E-state index contributed by atoms with van der Waals surface area (Å²) in [7, 11) is 2.01. The number of likely N-dealkylation sites (N-methyl/N-ethyl adjacent to an activating group) is 1. The van der Waals surface area contributed by atoms with Crippen LogP contribution < -0.4 is 4.74 Å². The van der Waals surface area contributed by atoms with Gasteiger partial charge in [0.2, 0.25) is 0 Å². The van der Waals surface area contributed by atoms with Crippen LogP contribution in [0, 0.1) is 5.82 Å². The molecule has 0 aliphatic rings. The van der Waals surface area contributed by atoms with Crippen LogP contribution in [-0.2, 0) is 0 Å². The second-order valence-electron chi connectivity index (χ2n) is 6.28. The Bertz CT molecular complexity index is 835. The predicted molar refractivity (Wildman–Crippen MR) is 104 cm³/mol. The lowest BCUT2D eigenvalue weighted by Gasteiger charge is -2.14. The van der Waals surface area contributed by atoms with Crippen LogP contribution in [0.25, 0.3) is 21.3 Å². The Morgan fingerprint density at radius 2 is 1.92 bits per heavy atom. The number of benzene rings is 2. The highest BCUT2D eigenvalue weighted by molar-refractivity contribution is 7.13. The van der Waals surface area contributed by atoms with Gasteiger partial charge in [0.25, 0.3) is 0 Å². The van der Waals surface area contributed by atoms with Crippen LogP contribution in [0.15, 0.2) is 42.5 Å². The van der Waals surface area contributed by atoms with Crippen molar-refractivity contribution in [2.75, 3.05) is 33.4 Å². The van der Waals surface area contributed by atoms with E-state index < -0.39 is 0 Å². The summed E-state index contributed by atoms with van der Waals surface area (Å²) in [6.07, 6.45) is 2.01. The fourth-order valence-corrected chi connectivity index (χ4v) is 3.61. The molecule has 0 saturated carbocycles. The second kappa shape index (κ2) is 9.07. The molecule has 0 radical (unpaired) electrons. The van der Waals surface area contributed by atoms with Gasteiger partial charge in [0.05, 0.1) is 23.6 Å². The predicted octanol–water partition coefficient (Wildman–Crippen LogP) is 4.19. The van der Waals surface area contributed by atoms with E-state index in [1.165, 1.54) is 23.7 Å². The molecule has 138 valence electrons. The lowest BCUT2D eigenvalue weighted by molar-refractivity contribution is 0.215. The zero-order chi connectivity index (χ0) is 18.4. The van der Waals surface area contributed by atoms with E-state index in [0.29, 0.717) is 13.2 Å². The topological polar surface area (TPSA) is 45.6 Å². The van der Waals surface area contributed by atoms with E-state index in [4.69, 9.17) is 9.84 Å². The van der Waals surface area contributed by atoms with Crippen molar-refractivity contribution < 1.29 is 14.2 Å². The van der Waals surface area contributed by atoms with Crippen molar-refractivity contribution >= 4 is 21.6 Å². The Morgan fingerprint density at radius 1 is 1.12 bits per heavy atom. The Kier molecular flexibility index (Phi) is 6.55. The van der Waals surface area contributed by atoms with Crippen molar-refractivity contribution in [2.24, 2.45) is 0 Å². The molecular weight excluding hydrogens is 351 g/mol. The summed E-state index contributed by atoms with van der Waals surface area (Å²) in [5.41, 5.74) is 1.79. The molecule has 0 spiro atoms. The number of aromatic nitrogens is 1. The van der Waals surface area contributed by atoms with E-state index in [-0.39, 0.29) is 12.4 Å². The highest BCUT2D eigenvalue weighted by Crippen LogP contribution is 2.33. The van der Waals surface area contributed by atoms with Gasteiger partial charge in [-0.1, -0.05) is 0 Å².